The number of anilines is 2. The molecule has 180 valence electrons. The molecule has 1 aromatic heterocycles. The van der Waals surface area contributed by atoms with E-state index in [1.807, 2.05) is 87.4 Å². The largest absolute Gasteiger partial charge is 0.466 e. The lowest BCUT2D eigenvalue weighted by atomic mass is 9.91. The van der Waals surface area contributed by atoms with Crippen LogP contribution in [0.1, 0.15) is 56.2 Å². The summed E-state index contributed by atoms with van der Waals surface area (Å²) >= 11 is 0. The van der Waals surface area contributed by atoms with Crippen LogP contribution in [0, 0.1) is 6.92 Å². The topological polar surface area (TPSA) is 71.5 Å². The molecular weight excluding hydrogens is 426 g/mol. The van der Waals surface area contributed by atoms with E-state index >= 15 is 0 Å². The first kappa shape index (κ1) is 25.2. The molecule has 3 aromatic rings. The summed E-state index contributed by atoms with van der Waals surface area (Å²) in [4.78, 5) is 31.7. The van der Waals surface area contributed by atoms with E-state index in [0.29, 0.717) is 19.4 Å². The average Bonchev–Trinajstić information content (AvgIpc) is 2.81. The summed E-state index contributed by atoms with van der Waals surface area (Å²) in [5, 5.41) is 4.10. The number of nitrogens with zero attached hydrogens (tertiary/aromatic N) is 2. The summed E-state index contributed by atoms with van der Waals surface area (Å²) < 4.78 is 5.01. The second-order valence-electron chi connectivity index (χ2n) is 8.76. The summed E-state index contributed by atoms with van der Waals surface area (Å²) in [5.74, 6) is -0.471. The Bertz CT molecular complexity index is 1110. The number of unbranched alkanes of at least 4 members (excludes halogenated alkanes) is 2. The lowest BCUT2D eigenvalue weighted by molar-refractivity contribution is -0.143. The van der Waals surface area contributed by atoms with Crippen LogP contribution in [0.3, 0.4) is 0 Å². The van der Waals surface area contributed by atoms with Gasteiger partial charge in [0.25, 0.3) is 0 Å². The van der Waals surface area contributed by atoms with Crippen LogP contribution in [-0.2, 0) is 14.3 Å². The zero-order chi connectivity index (χ0) is 24.5. The molecule has 0 fully saturated rings. The predicted molar refractivity (Wildman–Crippen MR) is 138 cm³/mol. The van der Waals surface area contributed by atoms with Crippen molar-refractivity contribution in [3.8, 4) is 0 Å². The molecule has 2 aromatic carbocycles. The Morgan fingerprint density at radius 3 is 2.47 bits per heavy atom. The Morgan fingerprint density at radius 1 is 1.03 bits per heavy atom. The summed E-state index contributed by atoms with van der Waals surface area (Å²) in [6.45, 7) is 4.16. The number of esters is 1. The van der Waals surface area contributed by atoms with Crippen molar-refractivity contribution in [3.05, 3.63) is 65.9 Å². The summed E-state index contributed by atoms with van der Waals surface area (Å²) in [7, 11) is 4.00. The van der Waals surface area contributed by atoms with Crippen LogP contribution < -0.4 is 10.2 Å². The van der Waals surface area contributed by atoms with E-state index < -0.39 is 0 Å². The molecule has 0 aliphatic rings. The molecule has 0 aliphatic heterocycles. The van der Waals surface area contributed by atoms with Crippen molar-refractivity contribution in [2.75, 3.05) is 30.9 Å². The molecule has 0 bridgehead atoms. The van der Waals surface area contributed by atoms with Crippen LogP contribution in [-0.4, -0.2) is 37.6 Å². The maximum atomic E-state index is 13.5. The number of carbonyl (C=O) groups is 2. The molecule has 3 rings (SSSR count). The van der Waals surface area contributed by atoms with Crippen molar-refractivity contribution >= 4 is 34.2 Å². The Morgan fingerprint density at radius 2 is 1.76 bits per heavy atom. The molecule has 1 atom stereocenters. The number of fused-ring (bicyclic) bond motifs is 1. The zero-order valence-electron chi connectivity index (χ0n) is 20.6. The molecule has 1 N–H and O–H groups in total. The molecular formula is C28H35N3O3. The number of ether oxygens (including phenoxy) is 1. The van der Waals surface area contributed by atoms with Gasteiger partial charge in [-0.05, 0) is 56.5 Å². The van der Waals surface area contributed by atoms with Gasteiger partial charge >= 0.3 is 5.97 Å². The quantitative estimate of drug-likeness (QED) is 0.287. The van der Waals surface area contributed by atoms with E-state index in [1.165, 1.54) is 0 Å². The standard InChI is InChI=1S/C28H35N3O3/c1-5-34-27(32)14-8-6-7-11-23(21-15-17-22(18-16-21)31(3)4)28(33)30-26-19-20(2)29-25-13-10-9-12-24(25)26/h9-10,12-13,15-19,23H,5-8,11,14H2,1-4H3,(H,29,30,33)/t23-/m0/s1. The number of aromatic nitrogens is 1. The normalized spacial score (nSPS) is 11.8. The molecule has 0 saturated carbocycles. The van der Waals surface area contributed by atoms with Gasteiger partial charge < -0.3 is 15.0 Å². The first-order chi connectivity index (χ1) is 16.4. The molecule has 6 nitrogen and oxygen atoms in total. The monoisotopic (exact) mass is 461 g/mol. The molecule has 0 spiro atoms. The van der Waals surface area contributed by atoms with Crippen molar-refractivity contribution in [3.63, 3.8) is 0 Å². The van der Waals surface area contributed by atoms with Gasteiger partial charge in [0, 0.05) is 37.3 Å². The number of nitrogens with one attached hydrogen (secondary N) is 1. The minimum absolute atomic E-state index is 0.0289. The van der Waals surface area contributed by atoms with Crippen molar-refractivity contribution in [2.45, 2.75) is 51.9 Å². The van der Waals surface area contributed by atoms with E-state index in [-0.39, 0.29) is 17.8 Å². The van der Waals surface area contributed by atoms with E-state index in [0.717, 1.165) is 52.8 Å². The summed E-state index contributed by atoms with van der Waals surface area (Å²) in [6.07, 6.45) is 3.61. The minimum atomic E-state index is -0.286. The second-order valence-corrected chi connectivity index (χ2v) is 8.76. The molecule has 6 heteroatoms. The number of benzene rings is 2. The fraction of sp³-hybridized carbons (Fsp3) is 0.393. The molecule has 0 aliphatic carbocycles. The lowest BCUT2D eigenvalue weighted by Gasteiger charge is -2.20. The van der Waals surface area contributed by atoms with E-state index in [9.17, 15) is 9.59 Å². The van der Waals surface area contributed by atoms with Crippen molar-refractivity contribution in [1.29, 1.82) is 0 Å². The number of rotatable bonds is 11. The van der Waals surface area contributed by atoms with Crippen LogP contribution >= 0.6 is 0 Å². The van der Waals surface area contributed by atoms with Gasteiger partial charge in [-0.15, -0.1) is 0 Å². The highest BCUT2D eigenvalue weighted by Gasteiger charge is 2.22. The summed E-state index contributed by atoms with van der Waals surface area (Å²) in [6, 6.07) is 17.9. The SMILES string of the molecule is CCOC(=O)CCCCC[C@H](C(=O)Nc1cc(C)nc2ccccc12)c1ccc(N(C)C)cc1. The number of pyridine rings is 1. The van der Waals surface area contributed by atoms with Gasteiger partial charge in [0.1, 0.15) is 0 Å². The highest BCUT2D eigenvalue weighted by molar-refractivity contribution is 6.03. The average molecular weight is 462 g/mol. The van der Waals surface area contributed by atoms with Gasteiger partial charge in [-0.3, -0.25) is 14.6 Å². The first-order valence-corrected chi connectivity index (χ1v) is 12.0. The maximum Gasteiger partial charge on any atom is 0.305 e. The van der Waals surface area contributed by atoms with Crippen molar-refractivity contribution in [1.82, 2.24) is 4.98 Å². The number of hydrogen-bond acceptors (Lipinski definition) is 5. The number of carbonyl (C=O) groups excluding carboxylic acids is 2. The fourth-order valence-corrected chi connectivity index (χ4v) is 4.11. The van der Waals surface area contributed by atoms with Crippen LogP contribution in [0.4, 0.5) is 11.4 Å². The van der Waals surface area contributed by atoms with Gasteiger partial charge in [-0.2, -0.15) is 0 Å². The number of hydrogen-bond donors (Lipinski definition) is 1. The summed E-state index contributed by atoms with van der Waals surface area (Å²) in [5.41, 5.74) is 4.59. The smallest absolute Gasteiger partial charge is 0.305 e. The third-order valence-electron chi connectivity index (χ3n) is 5.91. The Labute approximate surface area is 202 Å². The lowest BCUT2D eigenvalue weighted by Crippen LogP contribution is -2.22. The van der Waals surface area contributed by atoms with Crippen molar-refractivity contribution in [2.24, 2.45) is 0 Å². The molecule has 34 heavy (non-hydrogen) atoms. The second kappa shape index (κ2) is 12.2. The van der Waals surface area contributed by atoms with Crippen LogP contribution in [0.5, 0.6) is 0 Å². The van der Waals surface area contributed by atoms with E-state index in [1.54, 1.807) is 0 Å². The fourth-order valence-electron chi connectivity index (χ4n) is 4.11. The Balaban J connectivity index is 1.76. The zero-order valence-corrected chi connectivity index (χ0v) is 20.6. The van der Waals surface area contributed by atoms with Crippen molar-refractivity contribution < 1.29 is 14.3 Å². The highest BCUT2D eigenvalue weighted by Crippen LogP contribution is 2.29. The molecule has 1 amide bonds. The predicted octanol–water partition coefficient (Wildman–Crippen LogP) is 5.85. The molecule has 1 heterocycles. The van der Waals surface area contributed by atoms with Crippen LogP contribution in [0.2, 0.25) is 0 Å². The molecule has 0 saturated heterocycles. The van der Waals surface area contributed by atoms with E-state index in [4.69, 9.17) is 4.74 Å². The van der Waals surface area contributed by atoms with Crippen LogP contribution in [0.15, 0.2) is 54.6 Å². The number of amides is 1. The Hall–Kier alpha value is -3.41. The van der Waals surface area contributed by atoms with Gasteiger partial charge in [0.05, 0.1) is 23.7 Å². The van der Waals surface area contributed by atoms with Gasteiger partial charge in [0.2, 0.25) is 5.91 Å². The third-order valence-corrected chi connectivity index (χ3v) is 5.91. The maximum absolute atomic E-state index is 13.5. The number of aryl methyl sites for hydroxylation is 1. The van der Waals surface area contributed by atoms with Crippen LogP contribution in [0.25, 0.3) is 10.9 Å². The van der Waals surface area contributed by atoms with Gasteiger partial charge in [-0.1, -0.05) is 43.2 Å². The van der Waals surface area contributed by atoms with Gasteiger partial charge in [0.15, 0.2) is 0 Å². The van der Waals surface area contributed by atoms with Gasteiger partial charge in [-0.25, -0.2) is 0 Å². The first-order valence-electron chi connectivity index (χ1n) is 12.0. The third kappa shape index (κ3) is 6.80. The molecule has 0 unspecified atom stereocenters. The van der Waals surface area contributed by atoms with E-state index in [2.05, 4.69) is 10.3 Å². The minimum Gasteiger partial charge on any atom is -0.466 e. The Kier molecular flexibility index (Phi) is 9.02. The molecule has 0 radical (unpaired) electrons. The number of para-hydroxylation sites is 1. The highest BCUT2D eigenvalue weighted by atomic mass is 16.5.